The van der Waals surface area contributed by atoms with E-state index in [4.69, 9.17) is 9.47 Å². The van der Waals surface area contributed by atoms with Gasteiger partial charge in [0, 0.05) is 16.8 Å². The van der Waals surface area contributed by atoms with Gasteiger partial charge in [-0.2, -0.15) is 0 Å². The van der Waals surface area contributed by atoms with Crippen molar-refractivity contribution in [1.29, 1.82) is 0 Å². The fraction of sp³-hybridized carbons (Fsp3) is 0.118. The SMILES string of the molecule is Cc1cccc(C(=O)O[C@H](C(=O)O)[C@@H](OC(=O)c2cccc(C)c2)C(=O)NNC(=O)c2ccc(NC(=O)c3ccccc3)cc2)c1. The van der Waals surface area contributed by atoms with E-state index < -0.39 is 41.9 Å². The van der Waals surface area contributed by atoms with Gasteiger partial charge in [-0.25, -0.2) is 14.4 Å². The number of hydrogen-bond acceptors (Lipinski definition) is 8. The average Bonchev–Trinajstić information content (AvgIpc) is 3.05. The van der Waals surface area contributed by atoms with Crippen LogP contribution in [0.2, 0.25) is 0 Å². The van der Waals surface area contributed by atoms with E-state index in [0.717, 1.165) is 0 Å². The number of amides is 3. The highest BCUT2D eigenvalue weighted by Gasteiger charge is 2.41. The van der Waals surface area contributed by atoms with Crippen LogP contribution in [0.3, 0.4) is 0 Å². The molecule has 4 aromatic carbocycles. The number of rotatable bonds is 10. The van der Waals surface area contributed by atoms with Crippen molar-refractivity contribution < 1.29 is 43.3 Å². The second kappa shape index (κ2) is 14.9. The van der Waals surface area contributed by atoms with Crippen molar-refractivity contribution in [2.75, 3.05) is 5.32 Å². The first-order valence-electron chi connectivity index (χ1n) is 13.9. The number of nitrogens with one attached hydrogen (secondary N) is 3. The van der Waals surface area contributed by atoms with Crippen molar-refractivity contribution in [1.82, 2.24) is 10.9 Å². The fourth-order valence-electron chi connectivity index (χ4n) is 4.16. The predicted octanol–water partition coefficient (Wildman–Crippen LogP) is 3.85. The van der Waals surface area contributed by atoms with Crippen LogP contribution in [0, 0.1) is 13.8 Å². The molecule has 0 aromatic heterocycles. The van der Waals surface area contributed by atoms with Gasteiger partial charge in [-0.05, 0) is 74.5 Å². The third kappa shape index (κ3) is 8.63. The van der Waals surface area contributed by atoms with Gasteiger partial charge < -0.3 is 19.9 Å². The molecule has 0 fully saturated rings. The second-order valence-corrected chi connectivity index (χ2v) is 10.1. The smallest absolute Gasteiger partial charge is 0.349 e. The normalized spacial score (nSPS) is 11.7. The third-order valence-electron chi connectivity index (χ3n) is 6.49. The minimum absolute atomic E-state index is 0.00660. The van der Waals surface area contributed by atoms with Crippen LogP contribution in [0.25, 0.3) is 0 Å². The highest BCUT2D eigenvalue weighted by molar-refractivity contribution is 6.04. The Hall–Kier alpha value is -6.30. The molecule has 2 atom stereocenters. The molecule has 0 bridgehead atoms. The van der Waals surface area contributed by atoms with Gasteiger partial charge in [-0.15, -0.1) is 0 Å². The minimum Gasteiger partial charge on any atom is -0.478 e. The summed E-state index contributed by atoms with van der Waals surface area (Å²) in [5.74, 6) is -6.39. The maximum atomic E-state index is 13.2. The molecule has 0 heterocycles. The van der Waals surface area contributed by atoms with Crippen LogP contribution in [0.1, 0.15) is 52.6 Å². The Morgan fingerprint density at radius 2 is 1.07 bits per heavy atom. The summed E-state index contributed by atoms with van der Waals surface area (Å²) in [7, 11) is 0. The lowest BCUT2D eigenvalue weighted by molar-refractivity contribution is -0.159. The van der Waals surface area contributed by atoms with Gasteiger partial charge in [0.05, 0.1) is 11.1 Å². The number of hydrazine groups is 1. The summed E-state index contributed by atoms with van der Waals surface area (Å²) in [6.45, 7) is 3.42. The first-order valence-corrected chi connectivity index (χ1v) is 13.9. The lowest BCUT2D eigenvalue weighted by Gasteiger charge is -2.23. The van der Waals surface area contributed by atoms with E-state index in [0.29, 0.717) is 22.4 Å². The van der Waals surface area contributed by atoms with Gasteiger partial charge in [0.15, 0.2) is 0 Å². The van der Waals surface area contributed by atoms with Crippen LogP contribution in [0.5, 0.6) is 0 Å². The first kappa shape index (κ1) is 32.6. The minimum atomic E-state index is -2.29. The molecule has 12 heteroatoms. The third-order valence-corrected chi connectivity index (χ3v) is 6.49. The zero-order valence-corrected chi connectivity index (χ0v) is 24.7. The van der Waals surface area contributed by atoms with Crippen LogP contribution < -0.4 is 16.2 Å². The molecule has 0 saturated carbocycles. The zero-order valence-electron chi connectivity index (χ0n) is 24.7. The number of anilines is 1. The molecule has 0 saturated heterocycles. The fourth-order valence-corrected chi connectivity index (χ4v) is 4.16. The maximum Gasteiger partial charge on any atom is 0.349 e. The van der Waals surface area contributed by atoms with Crippen LogP contribution in [-0.4, -0.2) is 52.9 Å². The number of hydrogen-bond donors (Lipinski definition) is 4. The molecular formula is C34H29N3O9. The Bertz CT molecular complexity index is 1770. The van der Waals surface area contributed by atoms with Crippen LogP contribution in [-0.2, 0) is 19.1 Å². The van der Waals surface area contributed by atoms with E-state index in [1.807, 2.05) is 5.43 Å². The van der Waals surface area contributed by atoms with E-state index in [1.54, 1.807) is 68.4 Å². The number of ether oxygens (including phenoxy) is 2. The van der Waals surface area contributed by atoms with Crippen molar-refractivity contribution in [3.8, 4) is 0 Å². The predicted molar refractivity (Wildman–Crippen MR) is 165 cm³/mol. The number of esters is 2. The monoisotopic (exact) mass is 623 g/mol. The topological polar surface area (TPSA) is 177 Å². The standard InChI is InChI=1S/C34H29N3O9/c1-20-8-6-12-24(18-20)33(43)45-27(28(32(41)42)46-34(44)25-13-7-9-21(2)19-25)31(40)37-36-30(39)23-14-16-26(17-15-23)35-29(38)22-10-4-3-5-11-22/h3-19,27-28H,1-2H3,(H,35,38)(H,36,39)(H,37,40)(H,41,42)/t27-,28+/m1/s1. The van der Waals surface area contributed by atoms with Crippen molar-refractivity contribution in [2.24, 2.45) is 0 Å². The van der Waals surface area contributed by atoms with E-state index in [1.165, 1.54) is 48.5 Å². The van der Waals surface area contributed by atoms with Crippen LogP contribution >= 0.6 is 0 Å². The summed E-state index contributed by atoms with van der Waals surface area (Å²) in [5, 5.41) is 12.6. The molecule has 46 heavy (non-hydrogen) atoms. The highest BCUT2D eigenvalue weighted by Crippen LogP contribution is 2.16. The molecule has 4 aromatic rings. The highest BCUT2D eigenvalue weighted by atomic mass is 16.6. The van der Waals surface area contributed by atoms with Crippen molar-refractivity contribution in [2.45, 2.75) is 26.1 Å². The van der Waals surface area contributed by atoms with Crippen molar-refractivity contribution in [3.05, 3.63) is 137 Å². The number of aliphatic carboxylic acids is 1. The number of carboxylic acid groups (broad SMARTS) is 1. The van der Waals surface area contributed by atoms with Crippen LogP contribution in [0.4, 0.5) is 5.69 Å². The Morgan fingerprint density at radius 1 is 0.565 bits per heavy atom. The van der Waals surface area contributed by atoms with Crippen LogP contribution in [0.15, 0.2) is 103 Å². The first-order chi connectivity index (χ1) is 22.0. The Labute approximate surface area is 263 Å². The molecule has 234 valence electrons. The Kier molecular flexibility index (Phi) is 10.6. The summed E-state index contributed by atoms with van der Waals surface area (Å²) in [6.07, 6.45) is -4.50. The van der Waals surface area contributed by atoms with Gasteiger partial charge in [-0.3, -0.25) is 25.2 Å². The molecule has 0 aliphatic rings. The summed E-state index contributed by atoms with van der Waals surface area (Å²) in [6, 6.07) is 26.4. The molecule has 0 aliphatic heterocycles. The number of carbonyl (C=O) groups excluding carboxylic acids is 5. The average molecular weight is 624 g/mol. The number of aryl methyl sites for hydroxylation is 2. The van der Waals surface area contributed by atoms with Crippen molar-refractivity contribution in [3.63, 3.8) is 0 Å². The van der Waals surface area contributed by atoms with Gasteiger partial charge in [0.1, 0.15) is 0 Å². The van der Waals surface area contributed by atoms with E-state index in [2.05, 4.69) is 10.7 Å². The molecule has 0 radical (unpaired) electrons. The van der Waals surface area contributed by atoms with Crippen molar-refractivity contribution >= 4 is 41.3 Å². The Morgan fingerprint density at radius 3 is 1.59 bits per heavy atom. The van der Waals surface area contributed by atoms with E-state index >= 15 is 0 Å². The molecule has 4 N–H and O–H groups in total. The molecular weight excluding hydrogens is 594 g/mol. The number of carboxylic acids is 1. The molecule has 0 spiro atoms. The Balaban J connectivity index is 1.48. The molecule has 3 amide bonds. The summed E-state index contributed by atoms with van der Waals surface area (Å²) in [4.78, 5) is 76.4. The zero-order chi connectivity index (χ0) is 33.2. The lowest BCUT2D eigenvalue weighted by atomic mass is 10.1. The van der Waals surface area contributed by atoms with Gasteiger partial charge in [0.25, 0.3) is 17.7 Å². The summed E-state index contributed by atoms with van der Waals surface area (Å²) in [5.41, 5.74) is 6.45. The molecule has 4 rings (SSSR count). The molecule has 0 aliphatic carbocycles. The van der Waals surface area contributed by atoms with E-state index in [-0.39, 0.29) is 22.6 Å². The molecule has 0 unspecified atom stereocenters. The lowest BCUT2D eigenvalue weighted by Crippen LogP contribution is -2.54. The summed E-state index contributed by atoms with van der Waals surface area (Å²) < 4.78 is 10.4. The second-order valence-electron chi connectivity index (χ2n) is 10.1. The maximum absolute atomic E-state index is 13.2. The van der Waals surface area contributed by atoms with Gasteiger partial charge >= 0.3 is 17.9 Å². The number of carbonyl (C=O) groups is 6. The quantitative estimate of drug-likeness (QED) is 0.151. The largest absolute Gasteiger partial charge is 0.478 e. The summed E-state index contributed by atoms with van der Waals surface area (Å²) >= 11 is 0. The molecule has 12 nitrogen and oxygen atoms in total. The van der Waals surface area contributed by atoms with E-state index in [9.17, 15) is 33.9 Å². The van der Waals surface area contributed by atoms with Gasteiger partial charge in [-0.1, -0.05) is 53.6 Å². The number of benzene rings is 4. The van der Waals surface area contributed by atoms with Gasteiger partial charge in [0.2, 0.25) is 12.2 Å².